The molecule has 3 aliphatic rings. The van der Waals surface area contributed by atoms with Crippen LogP contribution in [0.4, 0.5) is 5.69 Å². The first-order valence-electron chi connectivity index (χ1n) is 15.3. The van der Waals surface area contributed by atoms with Crippen LogP contribution in [-0.2, 0) is 9.53 Å². The van der Waals surface area contributed by atoms with Crippen LogP contribution in [0.2, 0.25) is 5.02 Å². The van der Waals surface area contributed by atoms with Crippen molar-refractivity contribution in [3.8, 4) is 5.75 Å². The van der Waals surface area contributed by atoms with Gasteiger partial charge in [-0.05, 0) is 54.4 Å². The second-order valence-corrected chi connectivity index (χ2v) is 11.7. The van der Waals surface area contributed by atoms with Gasteiger partial charge in [-0.25, -0.2) is 0 Å². The van der Waals surface area contributed by atoms with Crippen molar-refractivity contribution in [2.45, 2.75) is 18.9 Å². The van der Waals surface area contributed by atoms with Gasteiger partial charge in [-0.1, -0.05) is 48.0 Å². The molecule has 2 saturated heterocycles. The minimum Gasteiger partial charge on any atom is -0.494 e. The number of carbonyl (C=O) groups excluding carboxylic acids is 2. The van der Waals surface area contributed by atoms with Crippen LogP contribution in [0.25, 0.3) is 0 Å². The Morgan fingerprint density at radius 2 is 1.65 bits per heavy atom. The Kier molecular flexibility index (Phi) is 9.17. The van der Waals surface area contributed by atoms with E-state index in [4.69, 9.17) is 21.1 Å². The standard InChI is InChI=1S/C34H39ClN4O4/c1-2-43-28-12-10-25(11-13-28)32-31(34(41)38-17-15-37(16-18-38)27-7-5-6-26(35)24-27)29-8-3-4-9-30(29)33(40)39(32)19-14-36-20-22-42-23-21-36/h3-13,24,31-32H,2,14-23H2,1H3/t31-,32-/m1/s1. The zero-order valence-corrected chi connectivity index (χ0v) is 25.4. The van der Waals surface area contributed by atoms with Crippen LogP contribution in [0, 0.1) is 0 Å². The van der Waals surface area contributed by atoms with E-state index in [1.165, 1.54) is 0 Å². The van der Waals surface area contributed by atoms with Crippen molar-refractivity contribution < 1.29 is 19.1 Å². The summed E-state index contributed by atoms with van der Waals surface area (Å²) in [5.41, 5.74) is 3.41. The number of benzene rings is 3. The molecule has 0 bridgehead atoms. The third kappa shape index (κ3) is 6.37. The van der Waals surface area contributed by atoms with Crippen LogP contribution in [0.1, 0.15) is 40.4 Å². The Bertz CT molecular complexity index is 1420. The molecule has 6 rings (SSSR count). The van der Waals surface area contributed by atoms with Gasteiger partial charge in [0.15, 0.2) is 0 Å². The molecule has 0 aromatic heterocycles. The molecule has 0 radical (unpaired) electrons. The predicted molar refractivity (Wildman–Crippen MR) is 168 cm³/mol. The lowest BCUT2D eigenvalue weighted by Gasteiger charge is -2.45. The number of amides is 2. The number of anilines is 1. The summed E-state index contributed by atoms with van der Waals surface area (Å²) >= 11 is 6.25. The molecule has 3 heterocycles. The molecule has 43 heavy (non-hydrogen) atoms. The molecule has 0 spiro atoms. The number of hydrogen-bond acceptors (Lipinski definition) is 6. The minimum atomic E-state index is -0.519. The highest BCUT2D eigenvalue weighted by atomic mass is 35.5. The minimum absolute atomic E-state index is 0.0300. The second kappa shape index (κ2) is 13.4. The Hall–Kier alpha value is -3.59. The highest BCUT2D eigenvalue weighted by Gasteiger charge is 2.45. The van der Waals surface area contributed by atoms with Crippen molar-refractivity contribution >= 4 is 29.1 Å². The molecule has 2 fully saturated rings. The van der Waals surface area contributed by atoms with E-state index in [1.54, 1.807) is 0 Å². The van der Waals surface area contributed by atoms with Gasteiger partial charge in [0.25, 0.3) is 5.91 Å². The van der Waals surface area contributed by atoms with Gasteiger partial charge in [-0.3, -0.25) is 14.5 Å². The summed E-state index contributed by atoms with van der Waals surface area (Å²) in [5.74, 6) is 0.279. The van der Waals surface area contributed by atoms with Crippen molar-refractivity contribution in [1.82, 2.24) is 14.7 Å². The number of piperazine rings is 1. The molecule has 2 atom stereocenters. The predicted octanol–water partition coefficient (Wildman–Crippen LogP) is 4.70. The molecule has 226 valence electrons. The highest BCUT2D eigenvalue weighted by Crippen LogP contribution is 2.44. The maximum Gasteiger partial charge on any atom is 0.254 e. The van der Waals surface area contributed by atoms with Gasteiger partial charge >= 0.3 is 0 Å². The molecule has 8 nitrogen and oxygen atoms in total. The van der Waals surface area contributed by atoms with Gasteiger partial charge in [-0.2, -0.15) is 0 Å². The summed E-state index contributed by atoms with van der Waals surface area (Å²) in [6, 6.07) is 23.0. The molecule has 0 saturated carbocycles. The normalized spacial score (nSPS) is 21.1. The number of morpholine rings is 1. The monoisotopic (exact) mass is 602 g/mol. The van der Waals surface area contributed by atoms with E-state index in [9.17, 15) is 9.59 Å². The van der Waals surface area contributed by atoms with E-state index in [2.05, 4.69) is 15.9 Å². The smallest absolute Gasteiger partial charge is 0.254 e. The first-order valence-corrected chi connectivity index (χ1v) is 15.6. The van der Waals surface area contributed by atoms with Gasteiger partial charge in [0.2, 0.25) is 5.91 Å². The zero-order valence-electron chi connectivity index (χ0n) is 24.7. The third-order valence-electron chi connectivity index (χ3n) is 8.76. The zero-order chi connectivity index (χ0) is 29.8. The lowest BCUT2D eigenvalue weighted by atomic mass is 9.78. The summed E-state index contributed by atoms with van der Waals surface area (Å²) in [5, 5.41) is 0.704. The van der Waals surface area contributed by atoms with Crippen molar-refractivity contribution in [2.75, 3.05) is 77.1 Å². The van der Waals surface area contributed by atoms with Crippen molar-refractivity contribution in [1.29, 1.82) is 0 Å². The fraction of sp³-hybridized carbons (Fsp3) is 0.412. The van der Waals surface area contributed by atoms with Crippen LogP contribution in [0.15, 0.2) is 72.8 Å². The van der Waals surface area contributed by atoms with Crippen molar-refractivity contribution in [2.24, 2.45) is 0 Å². The topological polar surface area (TPSA) is 65.6 Å². The fourth-order valence-electron chi connectivity index (χ4n) is 6.53. The van der Waals surface area contributed by atoms with Crippen LogP contribution in [-0.4, -0.2) is 98.7 Å². The summed E-state index contributed by atoms with van der Waals surface area (Å²) in [6.45, 7) is 9.48. The molecule has 0 N–H and O–H groups in total. The summed E-state index contributed by atoms with van der Waals surface area (Å²) in [7, 11) is 0. The molecule has 0 aliphatic carbocycles. The van der Waals surface area contributed by atoms with Gasteiger partial charge in [0.1, 0.15) is 5.75 Å². The maximum absolute atomic E-state index is 14.6. The van der Waals surface area contributed by atoms with E-state index in [0.29, 0.717) is 63.1 Å². The van der Waals surface area contributed by atoms with Crippen LogP contribution in [0.5, 0.6) is 5.75 Å². The average Bonchev–Trinajstić information content (AvgIpc) is 3.05. The first-order chi connectivity index (χ1) is 21.0. The lowest BCUT2D eigenvalue weighted by molar-refractivity contribution is -0.135. The van der Waals surface area contributed by atoms with Gasteiger partial charge < -0.3 is 24.2 Å². The molecule has 3 aromatic carbocycles. The van der Waals surface area contributed by atoms with E-state index in [1.807, 2.05) is 83.5 Å². The Morgan fingerprint density at radius 3 is 2.37 bits per heavy atom. The average molecular weight is 603 g/mol. The maximum atomic E-state index is 14.6. The van der Waals surface area contributed by atoms with E-state index in [-0.39, 0.29) is 11.8 Å². The van der Waals surface area contributed by atoms with E-state index < -0.39 is 12.0 Å². The lowest BCUT2D eigenvalue weighted by Crippen LogP contribution is -2.54. The number of fused-ring (bicyclic) bond motifs is 1. The molecule has 3 aliphatic heterocycles. The number of halogens is 1. The number of nitrogens with zero attached hydrogens (tertiary/aromatic N) is 4. The highest BCUT2D eigenvalue weighted by molar-refractivity contribution is 6.30. The number of carbonyl (C=O) groups is 2. The van der Waals surface area contributed by atoms with E-state index in [0.717, 1.165) is 42.2 Å². The largest absolute Gasteiger partial charge is 0.494 e. The van der Waals surface area contributed by atoms with Crippen LogP contribution >= 0.6 is 11.6 Å². The Labute approximate surface area is 258 Å². The molecule has 3 aromatic rings. The van der Waals surface area contributed by atoms with Crippen molar-refractivity contribution in [3.05, 3.63) is 94.5 Å². The van der Waals surface area contributed by atoms with Gasteiger partial charge in [-0.15, -0.1) is 0 Å². The van der Waals surface area contributed by atoms with E-state index >= 15 is 0 Å². The molecular weight excluding hydrogens is 564 g/mol. The molecular formula is C34H39ClN4O4. The Balaban J connectivity index is 1.32. The second-order valence-electron chi connectivity index (χ2n) is 11.3. The molecule has 9 heteroatoms. The van der Waals surface area contributed by atoms with Crippen LogP contribution < -0.4 is 9.64 Å². The summed E-state index contributed by atoms with van der Waals surface area (Å²) in [6.07, 6.45) is 0. The number of rotatable bonds is 8. The number of ether oxygens (including phenoxy) is 2. The summed E-state index contributed by atoms with van der Waals surface area (Å²) < 4.78 is 11.3. The molecule has 0 unspecified atom stereocenters. The SMILES string of the molecule is CCOc1ccc([C@@H]2[C@H](C(=O)N3CCN(c4cccc(Cl)c4)CC3)c3ccccc3C(=O)N2CCN2CCOCC2)cc1. The third-order valence-corrected chi connectivity index (χ3v) is 9.00. The summed E-state index contributed by atoms with van der Waals surface area (Å²) in [4.78, 5) is 37.3. The van der Waals surface area contributed by atoms with Crippen LogP contribution in [0.3, 0.4) is 0 Å². The molecule has 2 amide bonds. The quantitative estimate of drug-likeness (QED) is 0.372. The first kappa shape index (κ1) is 29.5. The van der Waals surface area contributed by atoms with Gasteiger partial charge in [0, 0.05) is 68.6 Å². The van der Waals surface area contributed by atoms with Gasteiger partial charge in [0.05, 0.1) is 31.8 Å². The Morgan fingerprint density at radius 1 is 0.907 bits per heavy atom. The van der Waals surface area contributed by atoms with Crippen molar-refractivity contribution in [3.63, 3.8) is 0 Å². The number of hydrogen-bond donors (Lipinski definition) is 0. The fourth-order valence-corrected chi connectivity index (χ4v) is 6.72.